The lowest BCUT2D eigenvalue weighted by Crippen LogP contribution is -2.49. The van der Waals surface area contributed by atoms with Gasteiger partial charge in [0.15, 0.2) is 0 Å². The van der Waals surface area contributed by atoms with Crippen molar-refractivity contribution in [1.82, 2.24) is 20.4 Å². The van der Waals surface area contributed by atoms with Gasteiger partial charge < -0.3 is 20.0 Å². The number of aryl methyl sites for hydroxylation is 2. The summed E-state index contributed by atoms with van der Waals surface area (Å²) in [5, 5.41) is 5.94. The molecule has 4 rings (SSSR count). The fourth-order valence-electron chi connectivity index (χ4n) is 5.00. The van der Waals surface area contributed by atoms with E-state index in [-0.39, 0.29) is 43.4 Å². The van der Waals surface area contributed by atoms with Crippen LogP contribution in [0, 0.1) is 19.8 Å². The summed E-state index contributed by atoms with van der Waals surface area (Å²) in [6, 6.07) is 7.98. The third-order valence-electron chi connectivity index (χ3n) is 6.69. The number of carbonyl (C=O) groups excluding carboxylic acids is 3. The molecular formula is C28H34N4O4. The van der Waals surface area contributed by atoms with Crippen LogP contribution in [0.2, 0.25) is 0 Å². The van der Waals surface area contributed by atoms with Gasteiger partial charge in [-0.05, 0) is 49.4 Å². The molecule has 0 saturated heterocycles. The average molecular weight is 491 g/mol. The van der Waals surface area contributed by atoms with Crippen LogP contribution in [0.3, 0.4) is 0 Å². The van der Waals surface area contributed by atoms with E-state index in [0.717, 1.165) is 16.7 Å². The highest BCUT2D eigenvalue weighted by molar-refractivity contribution is 6.03. The third kappa shape index (κ3) is 4.94. The van der Waals surface area contributed by atoms with Crippen molar-refractivity contribution < 1.29 is 18.8 Å². The standard InChI is InChI=1S/C28H34N4O4/c1-6-11-31-23-16-32(22(13-17(2)3)26(33)29-15-20-8-7-12-36-20)27(34)24(23)25(30-28(31)35)21-10-9-18(4)14-19(21)5/h6-10,12,14,17,22,25H,1,11,13,15-16H2,2-5H3,(H,29,33)(H,30,35)/t22-,25-/m1/s1. The lowest BCUT2D eigenvalue weighted by Gasteiger charge is -2.33. The van der Waals surface area contributed by atoms with Gasteiger partial charge in [0.2, 0.25) is 5.91 Å². The van der Waals surface area contributed by atoms with Gasteiger partial charge in [-0.15, -0.1) is 6.58 Å². The van der Waals surface area contributed by atoms with E-state index in [4.69, 9.17) is 4.42 Å². The number of furan rings is 1. The number of carbonyl (C=O) groups is 3. The number of hydrogen-bond acceptors (Lipinski definition) is 4. The summed E-state index contributed by atoms with van der Waals surface area (Å²) < 4.78 is 5.34. The number of rotatable bonds is 9. The van der Waals surface area contributed by atoms with Crippen molar-refractivity contribution in [1.29, 1.82) is 0 Å². The van der Waals surface area contributed by atoms with E-state index < -0.39 is 12.1 Å². The summed E-state index contributed by atoms with van der Waals surface area (Å²) >= 11 is 0. The van der Waals surface area contributed by atoms with Gasteiger partial charge in [-0.2, -0.15) is 0 Å². The summed E-state index contributed by atoms with van der Waals surface area (Å²) in [5.41, 5.74) is 4.10. The van der Waals surface area contributed by atoms with Crippen LogP contribution in [-0.4, -0.2) is 46.8 Å². The van der Waals surface area contributed by atoms with Crippen LogP contribution in [0.15, 0.2) is 64.9 Å². The first kappa shape index (κ1) is 25.3. The van der Waals surface area contributed by atoms with Crippen molar-refractivity contribution in [2.75, 3.05) is 13.1 Å². The Bertz CT molecular complexity index is 1200. The number of nitrogens with zero attached hydrogens (tertiary/aromatic N) is 2. The molecule has 0 spiro atoms. The molecule has 3 heterocycles. The van der Waals surface area contributed by atoms with Gasteiger partial charge >= 0.3 is 6.03 Å². The molecule has 190 valence electrons. The highest BCUT2D eigenvalue weighted by Crippen LogP contribution is 2.38. The minimum atomic E-state index is -0.682. The molecule has 2 N–H and O–H groups in total. The van der Waals surface area contributed by atoms with Crippen molar-refractivity contribution >= 4 is 17.8 Å². The van der Waals surface area contributed by atoms with Crippen LogP contribution in [0.25, 0.3) is 0 Å². The van der Waals surface area contributed by atoms with Crippen LogP contribution in [0.1, 0.15) is 48.8 Å². The molecule has 36 heavy (non-hydrogen) atoms. The fourth-order valence-corrected chi connectivity index (χ4v) is 5.00. The zero-order chi connectivity index (χ0) is 26.0. The van der Waals surface area contributed by atoms with Gasteiger partial charge in [0, 0.05) is 6.54 Å². The first-order valence-electron chi connectivity index (χ1n) is 12.3. The molecule has 0 radical (unpaired) electrons. The molecule has 8 nitrogen and oxygen atoms in total. The van der Waals surface area contributed by atoms with E-state index in [1.165, 1.54) is 0 Å². The van der Waals surface area contributed by atoms with Crippen LogP contribution in [-0.2, 0) is 16.1 Å². The van der Waals surface area contributed by atoms with Crippen LogP contribution in [0.5, 0.6) is 0 Å². The highest BCUT2D eigenvalue weighted by Gasteiger charge is 2.47. The molecular weight excluding hydrogens is 456 g/mol. The third-order valence-corrected chi connectivity index (χ3v) is 6.69. The Hall–Kier alpha value is -3.81. The van der Waals surface area contributed by atoms with E-state index in [0.29, 0.717) is 23.5 Å². The lowest BCUT2D eigenvalue weighted by molar-refractivity contribution is -0.137. The minimum Gasteiger partial charge on any atom is -0.467 e. The van der Waals surface area contributed by atoms with E-state index in [9.17, 15) is 14.4 Å². The first-order valence-corrected chi connectivity index (χ1v) is 12.3. The normalized spacial score (nSPS) is 18.4. The van der Waals surface area contributed by atoms with Crippen molar-refractivity contribution in [3.63, 3.8) is 0 Å². The summed E-state index contributed by atoms with van der Waals surface area (Å²) in [5.74, 6) is 0.335. The summed E-state index contributed by atoms with van der Waals surface area (Å²) in [6.45, 7) is 12.5. The zero-order valence-electron chi connectivity index (χ0n) is 21.3. The molecule has 0 bridgehead atoms. The van der Waals surface area contributed by atoms with Crippen molar-refractivity contribution in [2.24, 2.45) is 5.92 Å². The van der Waals surface area contributed by atoms with Gasteiger partial charge in [0.25, 0.3) is 5.91 Å². The Morgan fingerprint density at radius 2 is 2.06 bits per heavy atom. The lowest BCUT2D eigenvalue weighted by atomic mass is 9.91. The first-order chi connectivity index (χ1) is 17.2. The maximum absolute atomic E-state index is 14.0. The Balaban J connectivity index is 1.68. The molecule has 8 heteroatoms. The second kappa shape index (κ2) is 10.4. The molecule has 1 aromatic carbocycles. The largest absolute Gasteiger partial charge is 0.467 e. The molecule has 2 aromatic rings. The second-order valence-electron chi connectivity index (χ2n) is 9.88. The van der Waals surface area contributed by atoms with Crippen LogP contribution in [0.4, 0.5) is 4.79 Å². The monoisotopic (exact) mass is 490 g/mol. The number of nitrogens with one attached hydrogen (secondary N) is 2. The van der Waals surface area contributed by atoms with Crippen molar-refractivity contribution in [2.45, 2.75) is 52.7 Å². The maximum atomic E-state index is 14.0. The molecule has 2 atom stereocenters. The Morgan fingerprint density at radius 1 is 1.28 bits per heavy atom. The molecule has 1 aromatic heterocycles. The number of urea groups is 1. The molecule has 0 unspecified atom stereocenters. The van der Waals surface area contributed by atoms with Gasteiger partial charge in [0.05, 0.1) is 36.7 Å². The molecule has 2 aliphatic rings. The van der Waals surface area contributed by atoms with Gasteiger partial charge in [0.1, 0.15) is 11.8 Å². The highest BCUT2D eigenvalue weighted by atomic mass is 16.3. The van der Waals surface area contributed by atoms with Crippen molar-refractivity contribution in [3.8, 4) is 0 Å². The molecule has 2 aliphatic heterocycles. The molecule has 0 fully saturated rings. The maximum Gasteiger partial charge on any atom is 0.322 e. The summed E-state index contributed by atoms with van der Waals surface area (Å²) in [6.07, 6.45) is 3.68. The van der Waals surface area contributed by atoms with Crippen molar-refractivity contribution in [3.05, 3.63) is 83.0 Å². The Labute approximate surface area is 212 Å². The molecule has 0 aliphatic carbocycles. The topological polar surface area (TPSA) is 94.9 Å². The predicted octanol–water partition coefficient (Wildman–Crippen LogP) is 3.98. The van der Waals surface area contributed by atoms with E-state index in [1.54, 1.807) is 34.3 Å². The summed E-state index contributed by atoms with van der Waals surface area (Å²) in [4.78, 5) is 43.6. The summed E-state index contributed by atoms with van der Waals surface area (Å²) in [7, 11) is 0. The zero-order valence-corrected chi connectivity index (χ0v) is 21.3. The van der Waals surface area contributed by atoms with Crippen LogP contribution < -0.4 is 10.6 Å². The fraction of sp³-hybridized carbons (Fsp3) is 0.393. The van der Waals surface area contributed by atoms with Gasteiger partial charge in [-0.3, -0.25) is 14.5 Å². The second-order valence-corrected chi connectivity index (χ2v) is 9.88. The SMILES string of the molecule is C=CCN1C(=O)N[C@H](c2ccc(C)cc2C)C2=C1CN([C@H](CC(C)C)C(=O)NCc1ccco1)C2=O. The predicted molar refractivity (Wildman–Crippen MR) is 137 cm³/mol. The van der Waals surface area contributed by atoms with E-state index >= 15 is 0 Å². The van der Waals surface area contributed by atoms with Gasteiger partial charge in [-0.25, -0.2) is 4.79 Å². The van der Waals surface area contributed by atoms with Crippen LogP contribution >= 0.6 is 0 Å². The number of amides is 4. The Morgan fingerprint density at radius 3 is 2.69 bits per heavy atom. The van der Waals surface area contributed by atoms with E-state index in [1.807, 2.05) is 45.9 Å². The van der Waals surface area contributed by atoms with E-state index in [2.05, 4.69) is 17.2 Å². The quantitative estimate of drug-likeness (QED) is 0.520. The van der Waals surface area contributed by atoms with Gasteiger partial charge in [-0.1, -0.05) is 43.7 Å². The molecule has 4 amide bonds. The average Bonchev–Trinajstić information content (AvgIpc) is 3.46. The molecule has 0 saturated carbocycles. The minimum absolute atomic E-state index is 0.175. The smallest absolute Gasteiger partial charge is 0.322 e. The Kier molecular flexibility index (Phi) is 7.33. The number of hydrogen-bond donors (Lipinski definition) is 2. The number of benzene rings is 1.